The standard InChI is InChI=1S/C22H19F4N5O2S/c1-9-20-29-19(21(33)27-5-6-32)30-31(20)22-15(11-7-10(18(25)26)8-14(11)34-22)17(28-9)16-12(23)3-2-4-13(16)24/h2-4,9-10,18,32H,5-8H2,1H3,(H,27,33)/t9-,10?/m0/s1. The number of benzene rings is 1. The van der Waals surface area contributed by atoms with Crippen LogP contribution in [0.3, 0.4) is 0 Å². The van der Waals surface area contributed by atoms with Crippen molar-refractivity contribution in [2.24, 2.45) is 10.9 Å². The Kier molecular flexibility index (Phi) is 5.72. The number of aliphatic imine (C=N–C) groups is 1. The number of thiophene rings is 1. The van der Waals surface area contributed by atoms with Gasteiger partial charge in [0.15, 0.2) is 5.82 Å². The molecule has 2 N–H and O–H groups in total. The zero-order valence-corrected chi connectivity index (χ0v) is 18.7. The molecule has 0 bridgehead atoms. The van der Waals surface area contributed by atoms with E-state index in [1.807, 2.05) is 0 Å². The first kappa shape index (κ1) is 22.7. The predicted molar refractivity (Wildman–Crippen MR) is 116 cm³/mol. The minimum Gasteiger partial charge on any atom is -0.395 e. The molecule has 2 aliphatic rings. The quantitative estimate of drug-likeness (QED) is 0.534. The van der Waals surface area contributed by atoms with E-state index in [0.29, 0.717) is 21.0 Å². The Morgan fingerprint density at radius 2 is 2.00 bits per heavy atom. The second-order valence-electron chi connectivity index (χ2n) is 8.12. The first-order valence-corrected chi connectivity index (χ1v) is 11.4. The molecule has 3 aromatic rings. The fourth-order valence-corrected chi connectivity index (χ4v) is 5.72. The molecule has 1 aromatic carbocycles. The lowest BCUT2D eigenvalue weighted by Gasteiger charge is -2.13. The Labute approximate surface area is 195 Å². The number of fused-ring (bicyclic) bond motifs is 5. The smallest absolute Gasteiger partial charge is 0.291 e. The molecular formula is C22H19F4N5O2S. The van der Waals surface area contributed by atoms with Crippen LogP contribution in [-0.2, 0) is 12.8 Å². The number of aromatic nitrogens is 3. The molecule has 1 aliphatic heterocycles. The van der Waals surface area contributed by atoms with Gasteiger partial charge < -0.3 is 10.4 Å². The van der Waals surface area contributed by atoms with E-state index in [-0.39, 0.29) is 48.9 Å². The second-order valence-corrected chi connectivity index (χ2v) is 9.21. The maximum Gasteiger partial charge on any atom is 0.291 e. The van der Waals surface area contributed by atoms with Crippen molar-refractivity contribution in [3.8, 4) is 5.00 Å². The molecule has 0 fully saturated rings. The van der Waals surface area contributed by atoms with Crippen molar-refractivity contribution in [1.82, 2.24) is 20.1 Å². The van der Waals surface area contributed by atoms with E-state index in [1.54, 1.807) is 6.92 Å². The van der Waals surface area contributed by atoms with Crippen LogP contribution < -0.4 is 5.32 Å². The van der Waals surface area contributed by atoms with Crippen LogP contribution in [0, 0.1) is 17.6 Å². The summed E-state index contributed by atoms with van der Waals surface area (Å²) in [7, 11) is 0. The maximum absolute atomic E-state index is 14.8. The van der Waals surface area contributed by atoms with Crippen LogP contribution in [-0.4, -0.2) is 51.1 Å². The molecule has 1 amide bonds. The molecule has 0 spiro atoms. The van der Waals surface area contributed by atoms with Gasteiger partial charge in [0.1, 0.15) is 22.7 Å². The van der Waals surface area contributed by atoms with Crippen LogP contribution in [0.15, 0.2) is 23.2 Å². The van der Waals surface area contributed by atoms with Crippen molar-refractivity contribution < 1.29 is 27.5 Å². The van der Waals surface area contributed by atoms with E-state index in [2.05, 4.69) is 20.4 Å². The lowest BCUT2D eigenvalue weighted by atomic mass is 9.97. The molecule has 178 valence electrons. The maximum atomic E-state index is 14.8. The number of hydrogen-bond donors (Lipinski definition) is 2. The number of hydrogen-bond acceptors (Lipinski definition) is 6. The van der Waals surface area contributed by atoms with Crippen LogP contribution in [0.1, 0.15) is 51.0 Å². The van der Waals surface area contributed by atoms with Gasteiger partial charge in [-0.25, -0.2) is 27.2 Å². The van der Waals surface area contributed by atoms with Gasteiger partial charge in [-0.3, -0.25) is 9.79 Å². The summed E-state index contributed by atoms with van der Waals surface area (Å²) in [5, 5.41) is 16.2. The highest BCUT2D eigenvalue weighted by Crippen LogP contribution is 2.45. The Morgan fingerprint density at radius 3 is 2.68 bits per heavy atom. The van der Waals surface area contributed by atoms with E-state index < -0.39 is 35.9 Å². The summed E-state index contributed by atoms with van der Waals surface area (Å²) in [5.41, 5.74) is 0.575. The molecule has 2 aromatic heterocycles. The average Bonchev–Trinajstić information content (AvgIpc) is 3.47. The molecule has 0 saturated heterocycles. The highest BCUT2D eigenvalue weighted by Gasteiger charge is 2.39. The largest absolute Gasteiger partial charge is 0.395 e. The van der Waals surface area contributed by atoms with Gasteiger partial charge in [-0.15, -0.1) is 16.4 Å². The second kappa shape index (κ2) is 8.58. The SMILES string of the molecule is C[C@@H]1N=C(c2c(F)cccc2F)c2c(sc3c2CC(C(F)F)C3)-n2nc(C(=O)NCCO)nc21. The Hall–Kier alpha value is -3.12. The lowest BCUT2D eigenvalue weighted by molar-refractivity contribution is 0.0825. The number of carbonyl (C=O) groups is 1. The number of aliphatic hydroxyl groups is 1. The Balaban J connectivity index is 1.72. The number of nitrogens with zero attached hydrogens (tertiary/aromatic N) is 4. The van der Waals surface area contributed by atoms with Gasteiger partial charge in [0, 0.05) is 22.9 Å². The summed E-state index contributed by atoms with van der Waals surface area (Å²) < 4.78 is 58.1. The molecule has 1 unspecified atom stereocenters. The first-order chi connectivity index (χ1) is 16.3. The molecule has 5 rings (SSSR count). The zero-order chi connectivity index (χ0) is 24.1. The van der Waals surface area contributed by atoms with Gasteiger partial charge in [0.05, 0.1) is 17.9 Å². The van der Waals surface area contributed by atoms with Gasteiger partial charge in [-0.1, -0.05) is 6.07 Å². The van der Waals surface area contributed by atoms with E-state index >= 15 is 0 Å². The monoisotopic (exact) mass is 493 g/mol. The first-order valence-electron chi connectivity index (χ1n) is 10.6. The van der Waals surface area contributed by atoms with Crippen molar-refractivity contribution in [2.75, 3.05) is 13.2 Å². The third-order valence-electron chi connectivity index (χ3n) is 5.90. The van der Waals surface area contributed by atoms with Crippen molar-refractivity contribution in [2.45, 2.75) is 32.2 Å². The number of carbonyl (C=O) groups excluding carboxylic acids is 1. The van der Waals surface area contributed by atoms with Crippen LogP contribution in [0.4, 0.5) is 17.6 Å². The fraction of sp³-hybridized carbons (Fsp3) is 0.364. The summed E-state index contributed by atoms with van der Waals surface area (Å²) in [5.74, 6) is -3.03. The molecule has 0 radical (unpaired) electrons. The van der Waals surface area contributed by atoms with Gasteiger partial charge in [-0.05, 0) is 37.5 Å². The molecule has 12 heteroatoms. The van der Waals surface area contributed by atoms with Crippen LogP contribution in [0.5, 0.6) is 0 Å². The molecule has 3 heterocycles. The van der Waals surface area contributed by atoms with Crippen molar-refractivity contribution in [3.05, 3.63) is 63.0 Å². The molecule has 1 aliphatic carbocycles. The molecule has 7 nitrogen and oxygen atoms in total. The highest BCUT2D eigenvalue weighted by molar-refractivity contribution is 7.15. The third kappa shape index (κ3) is 3.61. The molecule has 2 atom stereocenters. The van der Waals surface area contributed by atoms with Gasteiger partial charge in [0.25, 0.3) is 5.91 Å². The zero-order valence-electron chi connectivity index (χ0n) is 17.9. The van der Waals surface area contributed by atoms with Crippen LogP contribution in [0.2, 0.25) is 0 Å². The number of nitrogens with one attached hydrogen (secondary N) is 1. The minimum atomic E-state index is -2.53. The van der Waals surface area contributed by atoms with Crippen molar-refractivity contribution in [1.29, 1.82) is 0 Å². The minimum absolute atomic E-state index is 0.0146. The number of aliphatic hydroxyl groups excluding tert-OH is 1. The fourth-order valence-electron chi connectivity index (χ4n) is 4.34. The number of alkyl halides is 2. The van der Waals surface area contributed by atoms with Crippen LogP contribution >= 0.6 is 11.3 Å². The summed E-state index contributed by atoms with van der Waals surface area (Å²) in [4.78, 5) is 21.9. The third-order valence-corrected chi connectivity index (χ3v) is 7.13. The van der Waals surface area contributed by atoms with E-state index in [9.17, 15) is 22.4 Å². The summed E-state index contributed by atoms with van der Waals surface area (Å²) in [6, 6.07) is 2.73. The normalized spacial score (nSPS) is 18.9. The molecular weight excluding hydrogens is 474 g/mol. The Morgan fingerprint density at radius 1 is 1.26 bits per heavy atom. The number of amides is 1. The molecule has 34 heavy (non-hydrogen) atoms. The van der Waals surface area contributed by atoms with Gasteiger partial charge >= 0.3 is 0 Å². The van der Waals surface area contributed by atoms with Crippen LogP contribution in [0.25, 0.3) is 5.00 Å². The van der Waals surface area contributed by atoms with E-state index in [4.69, 9.17) is 5.11 Å². The summed E-state index contributed by atoms with van der Waals surface area (Å²) in [6.45, 7) is 1.40. The lowest BCUT2D eigenvalue weighted by Crippen LogP contribution is -2.27. The predicted octanol–water partition coefficient (Wildman–Crippen LogP) is 3.22. The van der Waals surface area contributed by atoms with E-state index in [0.717, 1.165) is 12.1 Å². The Bertz CT molecular complexity index is 1300. The number of halogens is 4. The topological polar surface area (TPSA) is 92.4 Å². The van der Waals surface area contributed by atoms with E-state index in [1.165, 1.54) is 22.1 Å². The van der Waals surface area contributed by atoms with Crippen molar-refractivity contribution >= 4 is 23.0 Å². The van der Waals surface area contributed by atoms with Gasteiger partial charge in [0.2, 0.25) is 12.2 Å². The highest BCUT2D eigenvalue weighted by atomic mass is 32.1. The molecule has 0 saturated carbocycles. The summed E-state index contributed by atoms with van der Waals surface area (Å²) in [6.07, 6.45) is -2.37. The average molecular weight is 493 g/mol. The summed E-state index contributed by atoms with van der Waals surface area (Å²) >= 11 is 1.19. The number of rotatable bonds is 5. The van der Waals surface area contributed by atoms with Gasteiger partial charge in [-0.2, -0.15) is 0 Å². The van der Waals surface area contributed by atoms with Crippen molar-refractivity contribution in [3.63, 3.8) is 0 Å².